The lowest BCUT2D eigenvalue weighted by molar-refractivity contribution is -0.148. The molecule has 648 valence electrons. The lowest BCUT2D eigenvalue weighted by atomic mass is 10.0. The van der Waals surface area contributed by atoms with Crippen LogP contribution in [0.2, 0.25) is 0 Å². The molecule has 32 nitrogen and oxygen atoms in total. The summed E-state index contributed by atoms with van der Waals surface area (Å²) in [6, 6.07) is 35.3. The van der Waals surface area contributed by atoms with E-state index in [4.69, 9.17) is 46.6 Å². The number of benzene rings is 5. The summed E-state index contributed by atoms with van der Waals surface area (Å²) in [7, 11) is 7.66. The minimum absolute atomic E-state index is 0.0221. The van der Waals surface area contributed by atoms with Crippen molar-refractivity contribution in [3.8, 4) is 28.7 Å². The number of carbonyl (C=O) groups excluding carboxylic acids is 11. The van der Waals surface area contributed by atoms with Gasteiger partial charge >= 0.3 is 0 Å². The highest BCUT2D eigenvalue weighted by molar-refractivity contribution is 8.00. The van der Waals surface area contributed by atoms with Crippen molar-refractivity contribution in [2.45, 2.75) is 107 Å². The fourth-order valence-electron chi connectivity index (χ4n) is 13.9. The Hall–Kier alpha value is -11.2. The van der Waals surface area contributed by atoms with Crippen LogP contribution in [0.15, 0.2) is 134 Å². The van der Waals surface area contributed by atoms with E-state index in [2.05, 4.69) is 27.8 Å². The molecule has 119 heavy (non-hydrogen) atoms. The van der Waals surface area contributed by atoms with Gasteiger partial charge in [0, 0.05) is 103 Å². The van der Waals surface area contributed by atoms with Crippen LogP contribution in [0.5, 0.6) is 28.7 Å². The summed E-state index contributed by atoms with van der Waals surface area (Å²) in [5.41, 5.74) is 28.1. The third-order valence-electron chi connectivity index (χ3n) is 21.0. The molecule has 11 amide bonds. The number of amides is 11. The molecule has 4 atom stereocenters. The van der Waals surface area contributed by atoms with Gasteiger partial charge in [-0.1, -0.05) is 73.7 Å². The Bertz CT molecular complexity index is 4090. The number of nitrogens with one attached hydrogen (secondary N) is 4. The third kappa shape index (κ3) is 32.2. The minimum Gasteiger partial charge on any atom is -0.497 e. The van der Waals surface area contributed by atoms with E-state index in [1.54, 1.807) is 79.9 Å². The Labute approximate surface area is 703 Å². The highest BCUT2D eigenvalue weighted by Crippen LogP contribution is 2.34. The Kier molecular flexibility index (Phi) is 40.4. The van der Waals surface area contributed by atoms with Gasteiger partial charge in [-0.05, 0) is 153 Å². The molecule has 0 aromatic heterocycles. The number of unbranched alkanes of at least 4 members (excludes halogenated alkanes) is 2. The number of thioether (sulfide) groups is 1. The van der Waals surface area contributed by atoms with Gasteiger partial charge in [0.25, 0.3) is 0 Å². The summed E-state index contributed by atoms with van der Waals surface area (Å²) in [5.74, 6) is -1.68. The Morgan fingerprint density at radius 1 is 0.420 bits per heavy atom. The zero-order valence-electron chi connectivity index (χ0n) is 69.7. The zero-order chi connectivity index (χ0) is 86.2. The zero-order valence-corrected chi connectivity index (χ0v) is 70.5. The standard InChI is InChI=1S/C86H122N16O16S/c1-61-92-74-60-119-75(85(74)93-61)13-8-9-14-76(104)91-43-11-10-12-73(86(90)113)94-77(105)52-96(44-35-63-15-25-68(114-3)26-16-63)79(107)54-98(46-37-65-19-29-70(116-5)30-20-65)81(109)58-101(50-41-88)84(112)57-100(48-39-67-23-33-72(118-7)34-24-67)82(110)59-102(51-42-89)83(111)56-99(47-38-66-21-31-71(117-6)32-22-66)80(108)55-97(78(106)53-95(49-40-87)62(2)103)45-36-64-17-27-69(115-4)28-18-64/h15-34,73-75,85,92-93H,1,8-14,35-60,87-89H2,2-7H3,(H2,90,113)(H,91,104)(H,94,105)/t73-,74-,75?,85-/m0/s1. The molecule has 0 bridgehead atoms. The van der Waals surface area contributed by atoms with Gasteiger partial charge in [0.15, 0.2) is 0 Å². The molecule has 0 saturated carbocycles. The first-order chi connectivity index (χ1) is 57.4. The first kappa shape index (κ1) is 95.0. The summed E-state index contributed by atoms with van der Waals surface area (Å²) in [5, 5.41) is 13.0. The van der Waals surface area contributed by atoms with E-state index >= 15 is 24.0 Å². The van der Waals surface area contributed by atoms with Crippen LogP contribution in [0.3, 0.4) is 0 Å². The van der Waals surface area contributed by atoms with Crippen molar-refractivity contribution >= 4 is 76.7 Å². The molecule has 1 unspecified atom stereocenters. The molecule has 12 N–H and O–H groups in total. The number of fused-ring (bicyclic) bond motifs is 1. The molecule has 33 heteroatoms. The highest BCUT2D eigenvalue weighted by atomic mass is 32.2. The van der Waals surface area contributed by atoms with Crippen molar-refractivity contribution in [2.24, 2.45) is 22.9 Å². The van der Waals surface area contributed by atoms with Gasteiger partial charge in [0.1, 0.15) is 34.8 Å². The summed E-state index contributed by atoms with van der Waals surface area (Å²) in [4.78, 5) is 168. The van der Waals surface area contributed by atoms with E-state index in [1.807, 2.05) is 60.3 Å². The molecule has 2 aliphatic rings. The van der Waals surface area contributed by atoms with Crippen molar-refractivity contribution in [3.05, 3.63) is 162 Å². The Morgan fingerprint density at radius 3 is 1.04 bits per heavy atom. The van der Waals surface area contributed by atoms with Gasteiger partial charge in [-0.25, -0.2) is 0 Å². The van der Waals surface area contributed by atoms with Crippen LogP contribution in [-0.2, 0) is 84.8 Å². The van der Waals surface area contributed by atoms with E-state index in [1.165, 1.54) is 74.6 Å². The molecule has 7 rings (SSSR count). The number of ether oxygens (including phenoxy) is 5. The molecule has 0 spiro atoms. The van der Waals surface area contributed by atoms with E-state index < -0.39 is 111 Å². The quantitative estimate of drug-likeness (QED) is 0.0258. The molecule has 2 saturated heterocycles. The smallest absolute Gasteiger partial charge is 0.242 e. The van der Waals surface area contributed by atoms with Crippen LogP contribution < -0.4 is 67.9 Å². The van der Waals surface area contributed by atoms with Gasteiger partial charge in [-0.15, -0.1) is 0 Å². The number of primary amides is 1. The molecule has 0 aliphatic carbocycles. The van der Waals surface area contributed by atoms with E-state index in [0.29, 0.717) is 78.3 Å². The SMILES string of the molecule is C=C1N[C@H]2CSC(CCCCC(=O)NCCCC[C@H](NC(=O)CN(CCc3ccc(OC)cc3)C(=O)CN(CCc3ccc(OC)cc3)C(=O)CN(CCN)C(=O)CN(CCc3ccc(OC)cc3)C(=O)CN(CCN)C(=O)CN(CCc3ccc(OC)cc3)C(=O)CN(CCc3ccc(OC)cc3)C(=O)CN(CCN)C(C)=O)C(N)=O)[C@H]2N1. The van der Waals surface area contributed by atoms with Crippen LogP contribution in [0.25, 0.3) is 0 Å². The highest BCUT2D eigenvalue weighted by Gasteiger charge is 2.41. The van der Waals surface area contributed by atoms with Crippen LogP contribution in [0.1, 0.15) is 79.7 Å². The van der Waals surface area contributed by atoms with Gasteiger partial charge < -0.3 is 107 Å². The molecule has 5 aromatic rings. The summed E-state index contributed by atoms with van der Waals surface area (Å²) in [6.07, 6.45) is 5.33. The lowest BCUT2D eigenvalue weighted by Gasteiger charge is -2.32. The van der Waals surface area contributed by atoms with Crippen LogP contribution in [-0.4, -0.2) is 300 Å². The number of nitrogens with zero attached hydrogens (tertiary/aromatic N) is 8. The largest absolute Gasteiger partial charge is 0.497 e. The van der Waals surface area contributed by atoms with Crippen molar-refractivity contribution in [1.29, 1.82) is 0 Å². The molecule has 2 aliphatic heterocycles. The van der Waals surface area contributed by atoms with Crippen LogP contribution in [0, 0.1) is 0 Å². The second-order valence-electron chi connectivity index (χ2n) is 29.4. The van der Waals surface area contributed by atoms with Crippen LogP contribution in [0.4, 0.5) is 0 Å². The number of hydrogen-bond acceptors (Lipinski definition) is 22. The number of hydrogen-bond donors (Lipinski definition) is 8. The molecular formula is C86H122N16O16S. The average Bonchev–Trinajstić information content (AvgIpc) is 1.67. The van der Waals surface area contributed by atoms with Gasteiger partial charge in [0.05, 0.1) is 106 Å². The molecule has 0 radical (unpaired) electrons. The molecular weight excluding hydrogens is 1550 g/mol. The predicted molar refractivity (Wildman–Crippen MR) is 455 cm³/mol. The monoisotopic (exact) mass is 1670 g/mol. The first-order valence-corrected chi connectivity index (χ1v) is 41.6. The fraction of sp³-hybridized carbons (Fsp3) is 0.500. The summed E-state index contributed by atoms with van der Waals surface area (Å²) >= 11 is 1.93. The average molecular weight is 1670 g/mol. The van der Waals surface area contributed by atoms with Gasteiger partial charge in [-0.3, -0.25) is 52.7 Å². The second kappa shape index (κ2) is 50.6. The second-order valence-corrected chi connectivity index (χ2v) is 30.7. The van der Waals surface area contributed by atoms with Crippen molar-refractivity contribution in [1.82, 2.24) is 60.5 Å². The first-order valence-electron chi connectivity index (χ1n) is 40.5. The maximum Gasteiger partial charge on any atom is 0.242 e. The Morgan fingerprint density at radius 2 is 0.731 bits per heavy atom. The minimum atomic E-state index is -1.12. The lowest BCUT2D eigenvalue weighted by Crippen LogP contribution is -2.54. The van der Waals surface area contributed by atoms with Crippen molar-refractivity contribution in [3.63, 3.8) is 0 Å². The maximum absolute atomic E-state index is 15.2. The number of methoxy groups -OCH3 is 5. The van der Waals surface area contributed by atoms with Crippen LogP contribution >= 0.6 is 11.8 Å². The van der Waals surface area contributed by atoms with E-state index in [-0.39, 0.29) is 117 Å². The van der Waals surface area contributed by atoms with Crippen molar-refractivity contribution in [2.75, 3.05) is 172 Å². The fourth-order valence-corrected chi connectivity index (χ4v) is 15.4. The van der Waals surface area contributed by atoms with Gasteiger partial charge in [-0.2, -0.15) is 11.8 Å². The predicted octanol–water partition coefficient (Wildman–Crippen LogP) is 2.10. The third-order valence-corrected chi connectivity index (χ3v) is 22.5. The van der Waals surface area contributed by atoms with E-state index in [0.717, 1.165) is 58.7 Å². The van der Waals surface area contributed by atoms with Gasteiger partial charge in [0.2, 0.25) is 65.0 Å². The maximum atomic E-state index is 15.2. The van der Waals surface area contributed by atoms with E-state index in [9.17, 15) is 28.8 Å². The van der Waals surface area contributed by atoms with Crippen molar-refractivity contribution < 1.29 is 76.4 Å². The number of carbonyl (C=O) groups is 11. The summed E-state index contributed by atoms with van der Waals surface area (Å²) < 4.78 is 26.9. The molecule has 2 heterocycles. The normalized spacial score (nSPS) is 14.0. The molecule has 5 aromatic carbocycles. The molecule has 2 fully saturated rings. The topological polar surface area (TPSA) is 412 Å². The number of nitrogens with two attached hydrogens (primary N) is 4. The number of rotatable bonds is 54. The summed E-state index contributed by atoms with van der Waals surface area (Å²) in [6.45, 7) is 0.643. The Balaban J connectivity index is 1.09.